The normalized spacial score (nSPS) is 10.7. The van der Waals surface area contributed by atoms with Crippen molar-refractivity contribution in [1.29, 1.82) is 0 Å². The minimum atomic E-state index is -0.750. The molecule has 0 saturated heterocycles. The van der Waals surface area contributed by atoms with Crippen molar-refractivity contribution in [2.45, 2.75) is 13.1 Å². The number of methoxy groups -OCH3 is 1. The molecule has 0 atom stereocenters. The van der Waals surface area contributed by atoms with Crippen LogP contribution < -0.4 is 26.6 Å². The van der Waals surface area contributed by atoms with Gasteiger partial charge in [-0.15, -0.1) is 0 Å². The number of nitrogens with zero attached hydrogens (tertiary/aromatic N) is 2. The van der Waals surface area contributed by atoms with E-state index >= 15 is 0 Å². The summed E-state index contributed by atoms with van der Waals surface area (Å²) in [5.74, 6) is 0.645. The van der Waals surface area contributed by atoms with Crippen LogP contribution in [0.2, 0.25) is 0 Å². The topological polar surface area (TPSA) is 120 Å². The zero-order valence-electron chi connectivity index (χ0n) is 19.7. The van der Waals surface area contributed by atoms with Crippen LogP contribution in [0.1, 0.15) is 15.9 Å². The summed E-state index contributed by atoms with van der Waals surface area (Å²) in [5, 5.41) is 0. The molecule has 36 heavy (non-hydrogen) atoms. The predicted octanol–water partition coefficient (Wildman–Crippen LogP) is 3.40. The van der Waals surface area contributed by atoms with E-state index in [1.54, 1.807) is 24.3 Å². The number of nitrogens with one attached hydrogen (secondary N) is 1. The molecule has 0 aliphatic heterocycles. The van der Waals surface area contributed by atoms with E-state index in [4.69, 9.17) is 15.2 Å². The maximum Gasteiger partial charge on any atom is 0.330 e. The van der Waals surface area contributed by atoms with Gasteiger partial charge < -0.3 is 15.2 Å². The van der Waals surface area contributed by atoms with Crippen LogP contribution in [0.5, 0.6) is 11.5 Å². The largest absolute Gasteiger partial charge is 0.457 e. The van der Waals surface area contributed by atoms with Crippen molar-refractivity contribution in [3.8, 4) is 11.5 Å². The van der Waals surface area contributed by atoms with Crippen molar-refractivity contribution in [2.24, 2.45) is 0 Å². The van der Waals surface area contributed by atoms with Gasteiger partial charge in [-0.25, -0.2) is 4.79 Å². The standard InChI is InChI=1S/C27H26N4O5/c1-35-17-16-30-24(28)23(25(32)29-27(30)34)31(18-19-8-4-2-5-9-19)26(33)20-12-14-22(15-13-20)36-21-10-6-3-7-11-21/h2-15H,16-18,28H2,1H3,(H,29,32,34). The van der Waals surface area contributed by atoms with Gasteiger partial charge in [0.15, 0.2) is 5.69 Å². The minimum absolute atomic E-state index is 0.0672. The van der Waals surface area contributed by atoms with Gasteiger partial charge in [-0.1, -0.05) is 48.5 Å². The van der Waals surface area contributed by atoms with Crippen molar-refractivity contribution in [2.75, 3.05) is 24.4 Å². The fraction of sp³-hybridized carbons (Fsp3) is 0.148. The third kappa shape index (κ3) is 5.53. The molecule has 4 rings (SSSR count). The minimum Gasteiger partial charge on any atom is -0.457 e. The number of nitrogen functional groups attached to an aromatic ring is 1. The van der Waals surface area contributed by atoms with Crippen LogP contribution in [0.3, 0.4) is 0 Å². The van der Waals surface area contributed by atoms with Crippen molar-refractivity contribution in [1.82, 2.24) is 9.55 Å². The molecule has 0 aliphatic rings. The van der Waals surface area contributed by atoms with Gasteiger partial charge in [0.2, 0.25) is 0 Å². The van der Waals surface area contributed by atoms with Crippen molar-refractivity contribution in [3.63, 3.8) is 0 Å². The zero-order valence-corrected chi connectivity index (χ0v) is 19.7. The number of amides is 1. The summed E-state index contributed by atoms with van der Waals surface area (Å²) < 4.78 is 12.0. The van der Waals surface area contributed by atoms with Gasteiger partial charge in [-0.3, -0.25) is 24.0 Å². The Kier molecular flexibility index (Phi) is 7.62. The molecule has 1 aromatic heterocycles. The Bertz CT molecular complexity index is 1430. The molecular weight excluding hydrogens is 460 g/mol. The summed E-state index contributed by atoms with van der Waals surface area (Å²) in [6.07, 6.45) is 0. The number of rotatable bonds is 9. The van der Waals surface area contributed by atoms with Gasteiger partial charge in [-0.05, 0) is 42.0 Å². The summed E-state index contributed by atoms with van der Waals surface area (Å²) in [6, 6.07) is 25.0. The Hall–Kier alpha value is -4.63. The molecule has 0 radical (unpaired) electrons. The average molecular weight is 487 g/mol. The second-order valence-corrected chi connectivity index (χ2v) is 7.95. The highest BCUT2D eigenvalue weighted by Crippen LogP contribution is 2.25. The summed E-state index contributed by atoms with van der Waals surface area (Å²) in [4.78, 5) is 42.5. The highest BCUT2D eigenvalue weighted by atomic mass is 16.5. The van der Waals surface area contributed by atoms with E-state index in [1.165, 1.54) is 16.6 Å². The lowest BCUT2D eigenvalue weighted by atomic mass is 10.1. The number of benzene rings is 3. The SMILES string of the molecule is COCCn1c(N)c(N(Cc2ccccc2)C(=O)c2ccc(Oc3ccccc3)cc2)c(=O)[nH]c1=O. The number of para-hydroxylation sites is 1. The fourth-order valence-corrected chi connectivity index (χ4v) is 3.71. The van der Waals surface area contributed by atoms with E-state index < -0.39 is 17.2 Å². The molecule has 3 aromatic carbocycles. The summed E-state index contributed by atoms with van der Waals surface area (Å²) in [6.45, 7) is 0.382. The van der Waals surface area contributed by atoms with E-state index in [2.05, 4.69) is 4.98 Å². The third-order valence-electron chi connectivity index (χ3n) is 5.51. The summed E-state index contributed by atoms with van der Waals surface area (Å²) in [5.41, 5.74) is 5.85. The van der Waals surface area contributed by atoms with Crippen LogP contribution in [-0.2, 0) is 17.8 Å². The molecule has 1 heterocycles. The first kappa shape index (κ1) is 24.5. The number of ether oxygens (including phenoxy) is 2. The first-order valence-corrected chi connectivity index (χ1v) is 11.3. The van der Waals surface area contributed by atoms with Crippen LogP contribution >= 0.6 is 0 Å². The maximum atomic E-state index is 13.7. The molecular formula is C27H26N4O5. The van der Waals surface area contributed by atoms with Crippen LogP contribution in [0.4, 0.5) is 11.5 Å². The lowest BCUT2D eigenvalue weighted by Gasteiger charge is -2.25. The predicted molar refractivity (Wildman–Crippen MR) is 138 cm³/mol. The third-order valence-corrected chi connectivity index (χ3v) is 5.51. The molecule has 9 heteroatoms. The Labute approximate surface area is 207 Å². The summed E-state index contributed by atoms with van der Waals surface area (Å²) >= 11 is 0. The van der Waals surface area contributed by atoms with Crippen molar-refractivity contribution < 1.29 is 14.3 Å². The summed E-state index contributed by atoms with van der Waals surface area (Å²) in [7, 11) is 1.49. The zero-order chi connectivity index (χ0) is 25.5. The second kappa shape index (κ2) is 11.2. The van der Waals surface area contributed by atoms with Crippen molar-refractivity contribution in [3.05, 3.63) is 117 Å². The first-order valence-electron chi connectivity index (χ1n) is 11.3. The number of hydrogen-bond acceptors (Lipinski definition) is 6. The molecule has 0 aliphatic carbocycles. The van der Waals surface area contributed by atoms with E-state index in [1.807, 2.05) is 60.7 Å². The van der Waals surface area contributed by atoms with Gasteiger partial charge in [0, 0.05) is 12.7 Å². The average Bonchev–Trinajstić information content (AvgIpc) is 2.89. The highest BCUT2D eigenvalue weighted by Gasteiger charge is 2.25. The van der Waals surface area contributed by atoms with Crippen LogP contribution in [0, 0.1) is 0 Å². The molecule has 9 nitrogen and oxygen atoms in total. The fourth-order valence-electron chi connectivity index (χ4n) is 3.71. The van der Waals surface area contributed by atoms with Crippen LogP contribution in [-0.4, -0.2) is 29.2 Å². The van der Waals surface area contributed by atoms with Crippen molar-refractivity contribution >= 4 is 17.4 Å². The first-order chi connectivity index (χ1) is 17.5. The van der Waals surface area contributed by atoms with Gasteiger partial charge >= 0.3 is 5.69 Å². The molecule has 0 saturated carbocycles. The van der Waals surface area contributed by atoms with Gasteiger partial charge in [0.1, 0.15) is 17.3 Å². The number of hydrogen-bond donors (Lipinski definition) is 2. The van der Waals surface area contributed by atoms with E-state index in [0.717, 1.165) is 5.56 Å². The Morgan fingerprint density at radius 2 is 1.53 bits per heavy atom. The number of aromatic amines is 1. The van der Waals surface area contributed by atoms with Crippen LogP contribution in [0.25, 0.3) is 0 Å². The quantitative estimate of drug-likeness (QED) is 0.374. The van der Waals surface area contributed by atoms with E-state index in [-0.39, 0.29) is 31.2 Å². The smallest absolute Gasteiger partial charge is 0.330 e. The Balaban J connectivity index is 1.72. The number of nitrogens with two attached hydrogens (primary N) is 1. The molecule has 0 spiro atoms. The van der Waals surface area contributed by atoms with Gasteiger partial charge in [0.25, 0.3) is 11.5 Å². The molecule has 0 bridgehead atoms. The molecule has 0 fully saturated rings. The van der Waals surface area contributed by atoms with E-state index in [0.29, 0.717) is 17.1 Å². The number of anilines is 2. The second-order valence-electron chi connectivity index (χ2n) is 7.95. The number of H-pyrrole nitrogens is 1. The molecule has 4 aromatic rings. The maximum absolute atomic E-state index is 13.7. The lowest BCUT2D eigenvalue weighted by molar-refractivity contribution is 0.0984. The molecule has 0 unspecified atom stereocenters. The van der Waals surface area contributed by atoms with Gasteiger partial charge in [0.05, 0.1) is 19.7 Å². The monoisotopic (exact) mass is 486 g/mol. The Morgan fingerprint density at radius 3 is 2.17 bits per heavy atom. The number of aromatic nitrogens is 2. The lowest BCUT2D eigenvalue weighted by Crippen LogP contribution is -2.41. The highest BCUT2D eigenvalue weighted by molar-refractivity contribution is 6.07. The number of carbonyl (C=O) groups excluding carboxylic acids is 1. The molecule has 3 N–H and O–H groups in total. The molecule has 184 valence electrons. The Morgan fingerprint density at radius 1 is 0.917 bits per heavy atom. The van der Waals surface area contributed by atoms with Gasteiger partial charge in [-0.2, -0.15) is 0 Å². The van der Waals surface area contributed by atoms with Crippen LogP contribution in [0.15, 0.2) is 94.5 Å². The van der Waals surface area contributed by atoms with E-state index in [9.17, 15) is 14.4 Å². The molecule has 1 amide bonds. The number of carbonyl (C=O) groups is 1.